The molecule has 1 fully saturated rings. The molecule has 0 spiro atoms. The number of primary amides is 1. The number of halogens is 1. The first kappa shape index (κ1) is 23.1. The molecule has 7 nitrogen and oxygen atoms in total. The highest BCUT2D eigenvalue weighted by molar-refractivity contribution is 14.1. The van der Waals surface area contributed by atoms with Crippen LogP contribution in [0.3, 0.4) is 0 Å². The van der Waals surface area contributed by atoms with Crippen LogP contribution < -0.4 is 20.5 Å². The van der Waals surface area contributed by atoms with Gasteiger partial charge < -0.3 is 20.5 Å². The van der Waals surface area contributed by atoms with Crippen molar-refractivity contribution in [3.05, 3.63) is 68.6 Å². The molecule has 0 unspecified atom stereocenters. The average molecular weight is 573 g/mol. The normalized spacial score (nSPS) is 15.8. The first-order valence-electron chi connectivity index (χ1n) is 10.1. The maximum absolute atomic E-state index is 12.6. The van der Waals surface area contributed by atoms with Gasteiger partial charge in [0.1, 0.15) is 0 Å². The van der Waals surface area contributed by atoms with E-state index in [1.54, 1.807) is 12.1 Å². The Morgan fingerprint density at radius 1 is 1.18 bits per heavy atom. The van der Waals surface area contributed by atoms with Crippen LogP contribution in [-0.2, 0) is 9.59 Å². The number of hydrogen-bond acceptors (Lipinski definition) is 6. The van der Waals surface area contributed by atoms with Crippen LogP contribution in [0.15, 0.2) is 64.5 Å². The monoisotopic (exact) mass is 573 g/mol. The van der Waals surface area contributed by atoms with Crippen LogP contribution in [0.25, 0.3) is 16.8 Å². The van der Waals surface area contributed by atoms with E-state index < -0.39 is 5.91 Å². The SMILES string of the molecule is CCOc1cc(C=C2SC(=Nc3cccc4ccccc34)NC2=O)cc(I)c1OCC(N)=O. The number of rotatable bonds is 7. The molecule has 2 amide bonds. The molecule has 0 radical (unpaired) electrons. The summed E-state index contributed by atoms with van der Waals surface area (Å²) in [7, 11) is 0. The van der Waals surface area contributed by atoms with Crippen molar-refractivity contribution >= 4 is 73.9 Å². The molecular weight excluding hydrogens is 553 g/mol. The van der Waals surface area contributed by atoms with Crippen LogP contribution in [0, 0.1) is 3.57 Å². The zero-order valence-electron chi connectivity index (χ0n) is 17.6. The topological polar surface area (TPSA) is 103 Å². The number of thioether (sulfide) groups is 1. The third kappa shape index (κ3) is 5.48. The van der Waals surface area contributed by atoms with Gasteiger partial charge in [-0.15, -0.1) is 0 Å². The number of benzene rings is 3. The van der Waals surface area contributed by atoms with Crippen LogP contribution >= 0.6 is 34.4 Å². The van der Waals surface area contributed by atoms with Gasteiger partial charge >= 0.3 is 0 Å². The van der Waals surface area contributed by atoms with Crippen LogP contribution in [0.2, 0.25) is 0 Å². The molecular formula is C24H20IN3O4S. The van der Waals surface area contributed by atoms with Crippen LogP contribution in [0.1, 0.15) is 12.5 Å². The van der Waals surface area contributed by atoms with Gasteiger partial charge in [0, 0.05) is 5.39 Å². The summed E-state index contributed by atoms with van der Waals surface area (Å²) < 4.78 is 11.9. The van der Waals surface area contributed by atoms with Crippen molar-refractivity contribution in [3.8, 4) is 11.5 Å². The van der Waals surface area contributed by atoms with Gasteiger partial charge in [0.2, 0.25) is 0 Å². The van der Waals surface area contributed by atoms with Gasteiger partial charge in [0.05, 0.1) is 20.8 Å². The number of fused-ring (bicyclic) bond motifs is 1. The molecule has 3 aromatic rings. The molecule has 1 aliphatic rings. The first-order chi connectivity index (χ1) is 15.9. The van der Waals surface area contributed by atoms with E-state index in [0.29, 0.717) is 28.2 Å². The summed E-state index contributed by atoms with van der Waals surface area (Å²) in [5.41, 5.74) is 6.75. The molecule has 0 bridgehead atoms. The Morgan fingerprint density at radius 3 is 2.76 bits per heavy atom. The van der Waals surface area contributed by atoms with Gasteiger partial charge in [-0.05, 0) is 76.5 Å². The second-order valence-corrected chi connectivity index (χ2v) is 9.19. The molecule has 0 atom stereocenters. The van der Waals surface area contributed by atoms with Gasteiger partial charge in [-0.3, -0.25) is 9.59 Å². The lowest BCUT2D eigenvalue weighted by Gasteiger charge is -2.14. The summed E-state index contributed by atoms with van der Waals surface area (Å²) in [6, 6.07) is 17.5. The maximum Gasteiger partial charge on any atom is 0.264 e. The number of amides is 2. The summed E-state index contributed by atoms with van der Waals surface area (Å²) >= 11 is 3.37. The zero-order chi connectivity index (χ0) is 23.4. The van der Waals surface area contributed by atoms with Gasteiger partial charge in [0.15, 0.2) is 23.3 Å². The molecule has 3 aromatic carbocycles. The molecule has 0 saturated carbocycles. The Kier molecular flexibility index (Phi) is 7.19. The molecule has 9 heteroatoms. The number of carbonyl (C=O) groups is 2. The Morgan fingerprint density at radius 2 is 1.97 bits per heavy atom. The van der Waals surface area contributed by atoms with Gasteiger partial charge in [-0.2, -0.15) is 0 Å². The predicted molar refractivity (Wildman–Crippen MR) is 140 cm³/mol. The van der Waals surface area contributed by atoms with E-state index in [1.807, 2.05) is 55.5 Å². The van der Waals surface area contributed by atoms with Crippen LogP contribution in [0.4, 0.5) is 5.69 Å². The van der Waals surface area contributed by atoms with Crippen molar-refractivity contribution in [2.24, 2.45) is 10.7 Å². The average Bonchev–Trinajstić information content (AvgIpc) is 3.12. The summed E-state index contributed by atoms with van der Waals surface area (Å²) in [6.45, 7) is 2.02. The minimum absolute atomic E-state index is 0.221. The molecule has 168 valence electrons. The summed E-state index contributed by atoms with van der Waals surface area (Å²) in [6.07, 6.45) is 1.77. The maximum atomic E-state index is 12.6. The molecule has 33 heavy (non-hydrogen) atoms. The quantitative estimate of drug-likeness (QED) is 0.318. The smallest absolute Gasteiger partial charge is 0.264 e. The third-order valence-electron chi connectivity index (χ3n) is 4.63. The van der Waals surface area contributed by atoms with Gasteiger partial charge in [-0.1, -0.05) is 36.4 Å². The van der Waals surface area contributed by atoms with Gasteiger partial charge in [-0.25, -0.2) is 4.99 Å². The minimum atomic E-state index is -0.573. The van der Waals surface area contributed by atoms with Crippen molar-refractivity contribution in [2.45, 2.75) is 6.92 Å². The number of carbonyl (C=O) groups excluding carboxylic acids is 2. The highest BCUT2D eigenvalue weighted by Gasteiger charge is 2.24. The third-order valence-corrected chi connectivity index (χ3v) is 6.34. The van der Waals surface area contributed by atoms with E-state index in [2.05, 4.69) is 32.9 Å². The standard InChI is InChI=1S/C24H20IN3O4S/c1-2-31-19-11-14(10-17(25)22(19)32-13-21(26)29)12-20-23(30)28-24(33-20)27-18-9-5-7-15-6-3-4-8-16(15)18/h3-12H,2,13H2,1H3,(H2,26,29)(H,27,28,30). The second-order valence-electron chi connectivity index (χ2n) is 7.00. The van der Waals surface area contributed by atoms with E-state index in [-0.39, 0.29) is 12.5 Å². The Hall–Kier alpha value is -3.05. The number of ether oxygens (including phenoxy) is 2. The molecule has 1 saturated heterocycles. The van der Waals surface area contributed by atoms with Crippen LogP contribution in [0.5, 0.6) is 11.5 Å². The molecule has 1 aliphatic heterocycles. The van der Waals surface area contributed by atoms with Crippen molar-refractivity contribution in [2.75, 3.05) is 13.2 Å². The van der Waals surface area contributed by atoms with Gasteiger partial charge in [0.25, 0.3) is 11.8 Å². The fourth-order valence-electron chi connectivity index (χ4n) is 3.26. The molecule has 0 aliphatic carbocycles. The number of hydrogen-bond donors (Lipinski definition) is 2. The molecule has 1 heterocycles. The van der Waals surface area contributed by atoms with E-state index in [0.717, 1.165) is 25.6 Å². The van der Waals surface area contributed by atoms with E-state index in [9.17, 15) is 9.59 Å². The Bertz CT molecular complexity index is 1300. The number of amidine groups is 1. The molecule has 0 aromatic heterocycles. The number of nitrogens with two attached hydrogens (primary N) is 1. The minimum Gasteiger partial charge on any atom is -0.490 e. The van der Waals surface area contributed by atoms with Crippen molar-refractivity contribution in [1.82, 2.24) is 5.32 Å². The summed E-state index contributed by atoms with van der Waals surface area (Å²) in [5, 5.41) is 5.45. The first-order valence-corrected chi connectivity index (χ1v) is 12.0. The molecule has 4 rings (SSSR count). The lowest BCUT2D eigenvalue weighted by molar-refractivity contribution is -0.120. The predicted octanol–water partition coefficient (Wildman–Crippen LogP) is 4.60. The fourth-order valence-corrected chi connectivity index (χ4v) is 4.88. The lowest BCUT2D eigenvalue weighted by Crippen LogP contribution is -2.20. The number of nitrogens with zero attached hydrogens (tertiary/aromatic N) is 1. The Balaban J connectivity index is 1.62. The highest BCUT2D eigenvalue weighted by Crippen LogP contribution is 2.36. The van der Waals surface area contributed by atoms with Crippen molar-refractivity contribution in [1.29, 1.82) is 0 Å². The summed E-state index contributed by atoms with van der Waals surface area (Å²) in [4.78, 5) is 28.9. The lowest BCUT2D eigenvalue weighted by atomic mass is 10.1. The number of nitrogens with one attached hydrogen (secondary N) is 1. The molecule has 3 N–H and O–H groups in total. The zero-order valence-corrected chi connectivity index (χ0v) is 20.6. The summed E-state index contributed by atoms with van der Waals surface area (Å²) in [5.74, 6) is 0.128. The number of aliphatic imine (C=N–C) groups is 1. The van der Waals surface area contributed by atoms with Crippen LogP contribution in [-0.4, -0.2) is 30.2 Å². The Labute approximate surface area is 208 Å². The van der Waals surface area contributed by atoms with Crippen molar-refractivity contribution in [3.63, 3.8) is 0 Å². The fraction of sp³-hybridized carbons (Fsp3) is 0.125. The highest BCUT2D eigenvalue weighted by atomic mass is 127. The van der Waals surface area contributed by atoms with Crippen molar-refractivity contribution < 1.29 is 19.1 Å². The second kappa shape index (κ2) is 10.3. The van der Waals surface area contributed by atoms with E-state index in [1.165, 1.54) is 11.8 Å². The largest absolute Gasteiger partial charge is 0.490 e. The van der Waals surface area contributed by atoms with E-state index in [4.69, 9.17) is 15.2 Å². The van der Waals surface area contributed by atoms with E-state index >= 15 is 0 Å².